The third kappa shape index (κ3) is 25.9. The molecule has 0 saturated heterocycles. The van der Waals surface area contributed by atoms with Gasteiger partial charge in [0.05, 0.1) is 0 Å². The fourth-order valence-electron chi connectivity index (χ4n) is 3.98. The lowest BCUT2D eigenvalue weighted by molar-refractivity contribution is 0.562. The summed E-state index contributed by atoms with van der Waals surface area (Å²) in [6.07, 6.45) is 1.50. The van der Waals surface area contributed by atoms with Crippen LogP contribution in [0.1, 0.15) is 66.8 Å². The second kappa shape index (κ2) is 31.8. The molecule has 0 aliphatic carbocycles. The van der Waals surface area contributed by atoms with Gasteiger partial charge in [0.25, 0.3) is 0 Å². The van der Waals surface area contributed by atoms with Crippen molar-refractivity contribution >= 4 is 12.2 Å². The van der Waals surface area contributed by atoms with Crippen molar-refractivity contribution in [2.75, 3.05) is 0 Å². The van der Waals surface area contributed by atoms with Gasteiger partial charge in [-0.3, -0.25) is 0 Å². The summed E-state index contributed by atoms with van der Waals surface area (Å²) in [5.74, 6) is 0. The zero-order valence-electron chi connectivity index (χ0n) is 34.7. The van der Waals surface area contributed by atoms with Gasteiger partial charge in [0.1, 0.15) is 0 Å². The summed E-state index contributed by atoms with van der Waals surface area (Å²) in [6, 6.07) is 50.1. The van der Waals surface area contributed by atoms with Crippen LogP contribution in [0, 0.1) is 93.9 Å². The lowest BCUT2D eigenvalue weighted by atomic mass is 10.1. The Balaban J connectivity index is 0. The maximum atomic E-state index is 8.35. The summed E-state index contributed by atoms with van der Waals surface area (Å²) >= 11 is 0. The fourth-order valence-corrected chi connectivity index (χ4v) is 3.98. The van der Waals surface area contributed by atoms with Gasteiger partial charge in [-0.2, -0.15) is 0 Å². The fraction of sp³-hybridized carbons (Fsp3) is 0.240. The smallest absolute Gasteiger partial charge is 0.222 e. The molecule has 0 spiro atoms. The Morgan fingerprint density at radius 3 is 0.333 bits per heavy atom. The standard InChI is InChI=1S/6C8H10.2CHNO/c6*1-7-5-3-4-6-8(7)2;2*2-1-3/h6*3-6H,1-2H3;2*2H. The Labute approximate surface area is 327 Å². The number of nitrogens with one attached hydrogen (secondary N) is 2. The van der Waals surface area contributed by atoms with Crippen LogP contribution in [0.4, 0.5) is 0 Å². The molecule has 0 aliphatic heterocycles. The van der Waals surface area contributed by atoms with Gasteiger partial charge in [0.15, 0.2) is 0 Å². The monoisotopic (exact) mass is 722 g/mol. The third-order valence-electron chi connectivity index (χ3n) is 8.55. The van der Waals surface area contributed by atoms with E-state index in [2.05, 4.69) is 229 Å². The first-order valence-corrected chi connectivity index (χ1v) is 17.9. The van der Waals surface area contributed by atoms with Crippen molar-refractivity contribution in [1.29, 1.82) is 10.8 Å². The Morgan fingerprint density at radius 1 is 0.241 bits per heavy atom. The predicted octanol–water partition coefficient (Wildman–Crippen LogP) is 13.6. The SMILES string of the molecule is Cc1ccccc1C.Cc1ccccc1C.Cc1ccccc1C.Cc1ccccc1C.Cc1ccccc1C.Cc1ccccc1C.N=C=O.N=C=O. The Kier molecular flexibility index (Phi) is 29.5. The number of rotatable bonds is 0. The average molecular weight is 723 g/mol. The molecule has 0 heterocycles. The normalized spacial score (nSPS) is 8.52. The van der Waals surface area contributed by atoms with Crippen LogP contribution < -0.4 is 0 Å². The summed E-state index contributed by atoms with van der Waals surface area (Å²) < 4.78 is 0. The Hall–Kier alpha value is -5.92. The summed E-state index contributed by atoms with van der Waals surface area (Å²) in [4.78, 5) is 16.7. The maximum absolute atomic E-state index is 8.35. The lowest BCUT2D eigenvalue weighted by Crippen LogP contribution is -1.74. The molecule has 0 saturated carbocycles. The van der Waals surface area contributed by atoms with Crippen molar-refractivity contribution in [2.45, 2.75) is 83.1 Å². The number of hydrogen-bond acceptors (Lipinski definition) is 4. The first-order valence-electron chi connectivity index (χ1n) is 17.9. The lowest BCUT2D eigenvalue weighted by Gasteiger charge is -1.93. The highest BCUT2D eigenvalue weighted by molar-refractivity contribution is 5.27. The van der Waals surface area contributed by atoms with E-state index in [0.29, 0.717) is 0 Å². The highest BCUT2D eigenvalue weighted by Gasteiger charge is 1.87. The van der Waals surface area contributed by atoms with Gasteiger partial charge in [-0.1, -0.05) is 146 Å². The largest absolute Gasteiger partial charge is 0.231 e. The van der Waals surface area contributed by atoms with E-state index in [9.17, 15) is 0 Å². The van der Waals surface area contributed by atoms with Crippen LogP contribution in [0.2, 0.25) is 0 Å². The number of isocyanates is 2. The molecule has 0 atom stereocenters. The van der Waals surface area contributed by atoms with E-state index in [1.807, 2.05) is 0 Å². The molecule has 0 radical (unpaired) electrons. The van der Waals surface area contributed by atoms with Crippen LogP contribution in [0.15, 0.2) is 146 Å². The molecule has 0 aliphatic rings. The van der Waals surface area contributed by atoms with Crippen molar-refractivity contribution in [3.8, 4) is 0 Å². The zero-order valence-corrected chi connectivity index (χ0v) is 34.7. The second-order valence-electron chi connectivity index (χ2n) is 12.7. The van der Waals surface area contributed by atoms with E-state index < -0.39 is 0 Å². The predicted molar refractivity (Wildman–Crippen MR) is 232 cm³/mol. The second-order valence-corrected chi connectivity index (χ2v) is 12.7. The molecule has 6 rings (SSSR count). The Morgan fingerprint density at radius 2 is 0.296 bits per heavy atom. The number of aryl methyl sites for hydroxylation is 12. The number of hydrogen-bond donors (Lipinski definition) is 2. The van der Waals surface area contributed by atoms with Gasteiger partial charge >= 0.3 is 0 Å². The van der Waals surface area contributed by atoms with Gasteiger partial charge < -0.3 is 0 Å². The Bertz CT molecular complexity index is 1470. The van der Waals surface area contributed by atoms with Gasteiger partial charge in [-0.25, -0.2) is 20.4 Å². The molecule has 0 aromatic heterocycles. The van der Waals surface area contributed by atoms with Crippen LogP contribution in [-0.4, -0.2) is 12.2 Å². The summed E-state index contributed by atoms with van der Waals surface area (Å²) in [5, 5.41) is 10.8. The molecule has 6 aromatic rings. The minimum Gasteiger partial charge on any atom is -0.222 e. The van der Waals surface area contributed by atoms with E-state index in [4.69, 9.17) is 20.4 Å². The average Bonchev–Trinajstić information content (AvgIpc) is 3.15. The van der Waals surface area contributed by atoms with E-state index in [1.165, 1.54) is 66.8 Å². The number of carbonyl (C=O) groups excluding carboxylic acids is 2. The minimum absolute atomic E-state index is 0.750. The zero-order chi connectivity index (χ0) is 41.3. The van der Waals surface area contributed by atoms with Crippen LogP contribution in [0.25, 0.3) is 0 Å². The molecule has 284 valence electrons. The molecule has 6 aromatic carbocycles. The molecule has 0 bridgehead atoms. The molecule has 4 heteroatoms. The van der Waals surface area contributed by atoms with E-state index in [0.717, 1.165) is 12.2 Å². The maximum Gasteiger partial charge on any atom is 0.231 e. The summed E-state index contributed by atoms with van der Waals surface area (Å²) in [7, 11) is 0. The van der Waals surface area contributed by atoms with Crippen LogP contribution in [0.5, 0.6) is 0 Å². The minimum atomic E-state index is 0.750. The van der Waals surface area contributed by atoms with Crippen LogP contribution >= 0.6 is 0 Å². The first kappa shape index (κ1) is 50.2. The van der Waals surface area contributed by atoms with Crippen LogP contribution in [0.3, 0.4) is 0 Å². The first-order chi connectivity index (χ1) is 25.7. The summed E-state index contributed by atoms with van der Waals surface area (Å²) in [6.45, 7) is 25.4. The quantitative estimate of drug-likeness (QED) is 0.121. The van der Waals surface area contributed by atoms with Gasteiger partial charge in [0, 0.05) is 0 Å². The molecular formula is C50H62N2O2. The van der Waals surface area contributed by atoms with Gasteiger partial charge in [-0.15, -0.1) is 0 Å². The molecule has 0 fully saturated rings. The topological polar surface area (TPSA) is 81.8 Å². The van der Waals surface area contributed by atoms with Gasteiger partial charge in [-0.05, 0) is 150 Å². The molecule has 2 N–H and O–H groups in total. The molecule has 0 amide bonds. The van der Waals surface area contributed by atoms with Crippen molar-refractivity contribution in [2.24, 2.45) is 0 Å². The molecule has 0 unspecified atom stereocenters. The molecule has 54 heavy (non-hydrogen) atoms. The number of benzene rings is 6. The highest BCUT2D eigenvalue weighted by atomic mass is 16.1. The highest BCUT2D eigenvalue weighted by Crippen LogP contribution is 2.06. The van der Waals surface area contributed by atoms with E-state index in [1.54, 1.807) is 0 Å². The van der Waals surface area contributed by atoms with Gasteiger partial charge in [0.2, 0.25) is 12.2 Å². The third-order valence-corrected chi connectivity index (χ3v) is 8.55. The van der Waals surface area contributed by atoms with E-state index >= 15 is 0 Å². The van der Waals surface area contributed by atoms with Crippen LogP contribution in [-0.2, 0) is 9.59 Å². The van der Waals surface area contributed by atoms with Crippen molar-refractivity contribution < 1.29 is 9.59 Å². The molecule has 4 nitrogen and oxygen atoms in total. The van der Waals surface area contributed by atoms with Crippen molar-refractivity contribution in [1.82, 2.24) is 0 Å². The molecular weight excluding hydrogens is 661 g/mol. The van der Waals surface area contributed by atoms with E-state index in [-0.39, 0.29) is 0 Å². The van der Waals surface area contributed by atoms with Crippen molar-refractivity contribution in [3.05, 3.63) is 212 Å². The summed E-state index contributed by atoms with van der Waals surface area (Å²) in [5.41, 5.74) is 16.4. The van der Waals surface area contributed by atoms with Crippen molar-refractivity contribution in [3.63, 3.8) is 0 Å².